The normalized spacial score (nSPS) is 16.9. The molecule has 2 aromatic heterocycles. The van der Waals surface area contributed by atoms with Gasteiger partial charge in [0.1, 0.15) is 0 Å². The second kappa shape index (κ2) is 7.16. The van der Waals surface area contributed by atoms with Gasteiger partial charge in [0, 0.05) is 48.4 Å². The molecule has 134 valence electrons. The Morgan fingerprint density at radius 3 is 1.77 bits per heavy atom. The number of nitrogens with zero attached hydrogens (tertiary/aromatic N) is 4. The van der Waals surface area contributed by atoms with Gasteiger partial charge in [0.15, 0.2) is 10.3 Å². The minimum Gasteiger partial charge on any atom is -0.323 e. The number of aromatic nitrogens is 4. The van der Waals surface area contributed by atoms with E-state index in [1.807, 2.05) is 35.9 Å². The fraction of sp³-hybridized carbons (Fsp3) is 0.400. The van der Waals surface area contributed by atoms with Crippen molar-refractivity contribution in [2.24, 2.45) is 0 Å². The number of thioether (sulfide) groups is 2. The van der Waals surface area contributed by atoms with Gasteiger partial charge in [-0.2, -0.15) is 0 Å². The Morgan fingerprint density at radius 1 is 0.808 bits per heavy atom. The second-order valence-corrected chi connectivity index (χ2v) is 8.98. The van der Waals surface area contributed by atoms with Crippen molar-refractivity contribution in [3.63, 3.8) is 0 Å². The summed E-state index contributed by atoms with van der Waals surface area (Å²) in [5.41, 5.74) is 2.73. The van der Waals surface area contributed by atoms with E-state index >= 15 is 0 Å². The molecular weight excluding hydrogens is 360 g/mol. The van der Waals surface area contributed by atoms with Crippen LogP contribution in [0.15, 0.2) is 59.4 Å². The Morgan fingerprint density at radius 2 is 1.31 bits per heavy atom. The van der Waals surface area contributed by atoms with Crippen LogP contribution in [0.2, 0.25) is 0 Å². The lowest BCUT2D eigenvalue weighted by molar-refractivity contribution is 0.663. The Hall–Kier alpha value is -1.66. The van der Waals surface area contributed by atoms with Crippen molar-refractivity contribution in [1.82, 2.24) is 19.1 Å². The topological polar surface area (TPSA) is 35.6 Å². The van der Waals surface area contributed by atoms with E-state index in [2.05, 4.69) is 55.8 Å². The van der Waals surface area contributed by atoms with Gasteiger partial charge in [-0.1, -0.05) is 47.8 Å². The lowest BCUT2D eigenvalue weighted by atomic mass is 10.2. The minimum atomic E-state index is 0.693. The van der Waals surface area contributed by atoms with E-state index in [0.29, 0.717) is 12.1 Å². The Balaban J connectivity index is 1.21. The Kier molecular flexibility index (Phi) is 4.55. The lowest BCUT2D eigenvalue weighted by Gasteiger charge is -2.08. The highest BCUT2D eigenvalue weighted by Crippen LogP contribution is 2.39. The van der Waals surface area contributed by atoms with E-state index in [1.165, 1.54) is 36.8 Å². The van der Waals surface area contributed by atoms with Crippen LogP contribution in [0.25, 0.3) is 0 Å². The summed E-state index contributed by atoms with van der Waals surface area (Å²) in [6.07, 6.45) is 13.3. The molecule has 5 rings (SSSR count). The number of benzene rings is 1. The van der Waals surface area contributed by atoms with Gasteiger partial charge in [-0.3, -0.25) is 0 Å². The maximum Gasteiger partial charge on any atom is 0.168 e. The molecular formula is C20H22N4S2. The van der Waals surface area contributed by atoms with Crippen LogP contribution in [-0.4, -0.2) is 19.1 Å². The van der Waals surface area contributed by atoms with E-state index in [4.69, 9.17) is 0 Å². The van der Waals surface area contributed by atoms with Crippen LogP contribution in [-0.2, 0) is 11.5 Å². The predicted molar refractivity (Wildman–Crippen MR) is 107 cm³/mol. The highest BCUT2D eigenvalue weighted by molar-refractivity contribution is 7.98. The third-order valence-corrected chi connectivity index (χ3v) is 6.98. The monoisotopic (exact) mass is 382 g/mol. The summed E-state index contributed by atoms with van der Waals surface area (Å²) in [5.74, 6) is 1.94. The number of rotatable bonds is 8. The highest BCUT2D eigenvalue weighted by Gasteiger charge is 2.26. The fourth-order valence-electron chi connectivity index (χ4n) is 3.19. The van der Waals surface area contributed by atoms with Gasteiger partial charge < -0.3 is 9.13 Å². The van der Waals surface area contributed by atoms with Gasteiger partial charge >= 0.3 is 0 Å². The summed E-state index contributed by atoms with van der Waals surface area (Å²) in [6, 6.07) is 10.3. The summed E-state index contributed by atoms with van der Waals surface area (Å²) < 4.78 is 4.67. The van der Waals surface area contributed by atoms with Crippen LogP contribution in [0.1, 0.15) is 48.9 Å². The molecule has 0 saturated heterocycles. The zero-order chi connectivity index (χ0) is 17.3. The molecule has 4 nitrogen and oxygen atoms in total. The Bertz CT molecular complexity index is 823. The van der Waals surface area contributed by atoms with E-state index < -0.39 is 0 Å². The quantitative estimate of drug-likeness (QED) is 0.493. The molecule has 6 heteroatoms. The third-order valence-electron chi connectivity index (χ3n) is 4.87. The van der Waals surface area contributed by atoms with Crippen molar-refractivity contribution >= 4 is 23.5 Å². The molecule has 0 spiro atoms. The standard InChI is InChI=1S/C20H22N4S2/c1-2-15(13-25-19-21-8-10-23(19)17-4-5-17)12-16(3-1)14-26-20-22-9-11-24(20)18-6-7-18/h1-3,8-12,17-18H,4-7,13-14H2. The van der Waals surface area contributed by atoms with Crippen molar-refractivity contribution in [3.05, 3.63) is 60.2 Å². The summed E-state index contributed by atoms with van der Waals surface area (Å²) in [7, 11) is 0. The molecule has 0 unspecified atom stereocenters. The predicted octanol–water partition coefficient (Wildman–Crippen LogP) is 5.33. The molecule has 0 aliphatic heterocycles. The lowest BCUT2D eigenvalue weighted by Crippen LogP contribution is -1.96. The molecule has 0 amide bonds. The SMILES string of the molecule is c1cc(CSc2nccn2C2CC2)cc(CSc2nccn2C2CC2)c1. The molecule has 3 aromatic rings. The molecule has 2 saturated carbocycles. The van der Waals surface area contributed by atoms with Crippen LogP contribution in [0.4, 0.5) is 0 Å². The van der Waals surface area contributed by atoms with Gasteiger partial charge in [-0.05, 0) is 36.8 Å². The molecule has 0 bridgehead atoms. The third kappa shape index (κ3) is 3.71. The maximum absolute atomic E-state index is 4.53. The number of imidazole rings is 2. The molecule has 26 heavy (non-hydrogen) atoms. The molecule has 0 N–H and O–H groups in total. The fourth-order valence-corrected chi connectivity index (χ4v) is 5.13. The molecule has 0 atom stereocenters. The van der Waals surface area contributed by atoms with E-state index in [0.717, 1.165) is 21.8 Å². The van der Waals surface area contributed by atoms with Crippen LogP contribution < -0.4 is 0 Å². The summed E-state index contributed by atoms with van der Waals surface area (Å²) in [5, 5.41) is 2.30. The number of hydrogen-bond acceptors (Lipinski definition) is 4. The highest BCUT2D eigenvalue weighted by atomic mass is 32.2. The van der Waals surface area contributed by atoms with Crippen LogP contribution >= 0.6 is 23.5 Å². The van der Waals surface area contributed by atoms with Crippen molar-refractivity contribution in [1.29, 1.82) is 0 Å². The van der Waals surface area contributed by atoms with Crippen molar-refractivity contribution < 1.29 is 0 Å². The molecule has 2 aliphatic rings. The average Bonchev–Trinajstić information content (AvgIpc) is 3.60. The molecule has 2 heterocycles. The van der Waals surface area contributed by atoms with Gasteiger partial charge in [0.25, 0.3) is 0 Å². The van der Waals surface area contributed by atoms with E-state index in [1.54, 1.807) is 0 Å². The summed E-state index contributed by atoms with van der Waals surface area (Å²) >= 11 is 3.69. The van der Waals surface area contributed by atoms with Crippen LogP contribution in [0.5, 0.6) is 0 Å². The summed E-state index contributed by atoms with van der Waals surface area (Å²) in [6.45, 7) is 0. The largest absolute Gasteiger partial charge is 0.323 e. The van der Waals surface area contributed by atoms with Crippen LogP contribution in [0.3, 0.4) is 0 Å². The molecule has 2 fully saturated rings. The van der Waals surface area contributed by atoms with E-state index in [9.17, 15) is 0 Å². The average molecular weight is 383 g/mol. The molecule has 2 aliphatic carbocycles. The first-order chi connectivity index (χ1) is 12.9. The van der Waals surface area contributed by atoms with Gasteiger partial charge in [-0.25, -0.2) is 9.97 Å². The maximum atomic E-state index is 4.53. The number of hydrogen-bond donors (Lipinski definition) is 0. The zero-order valence-electron chi connectivity index (χ0n) is 14.6. The zero-order valence-corrected chi connectivity index (χ0v) is 16.3. The van der Waals surface area contributed by atoms with Crippen molar-refractivity contribution in [3.8, 4) is 0 Å². The van der Waals surface area contributed by atoms with Gasteiger partial charge in [0.2, 0.25) is 0 Å². The summed E-state index contributed by atoms with van der Waals surface area (Å²) in [4.78, 5) is 9.06. The van der Waals surface area contributed by atoms with Crippen LogP contribution in [0, 0.1) is 0 Å². The molecule has 1 aromatic carbocycles. The smallest absolute Gasteiger partial charge is 0.168 e. The minimum absolute atomic E-state index is 0.693. The van der Waals surface area contributed by atoms with E-state index in [-0.39, 0.29) is 0 Å². The molecule has 0 radical (unpaired) electrons. The first-order valence-electron chi connectivity index (χ1n) is 9.26. The second-order valence-electron chi connectivity index (χ2n) is 7.09. The first kappa shape index (κ1) is 16.5. The van der Waals surface area contributed by atoms with Gasteiger partial charge in [0.05, 0.1) is 0 Å². The first-order valence-corrected chi connectivity index (χ1v) is 11.2. The van der Waals surface area contributed by atoms with Gasteiger partial charge in [-0.15, -0.1) is 0 Å². The Labute approximate surface area is 162 Å². The van der Waals surface area contributed by atoms with Crippen molar-refractivity contribution in [2.75, 3.05) is 0 Å². The van der Waals surface area contributed by atoms with Crippen molar-refractivity contribution in [2.45, 2.75) is 59.6 Å².